The molecule has 14 heavy (non-hydrogen) atoms. The average Bonchev–Trinajstić information content (AvgIpc) is 2.18. The predicted molar refractivity (Wildman–Crippen MR) is 81.6 cm³/mol. The van der Waals surface area contributed by atoms with Crippen LogP contribution < -0.4 is 0 Å². The van der Waals surface area contributed by atoms with Crippen LogP contribution in [0.1, 0.15) is 5.56 Å². The molecule has 0 radical (unpaired) electrons. The molecule has 1 atom stereocenters. The number of halogens is 3. The van der Waals surface area contributed by atoms with Gasteiger partial charge in [0.1, 0.15) is 5.35 Å². The number of hydrogen-bond donors (Lipinski definition) is 1. The van der Waals surface area contributed by atoms with Gasteiger partial charge >= 0.3 is 5.97 Å². The van der Waals surface area contributed by atoms with Crippen molar-refractivity contribution >= 4 is 73.7 Å². The summed E-state index contributed by atoms with van der Waals surface area (Å²) in [4.78, 5) is 10.9. The Morgan fingerprint density at radius 3 is 2.21 bits per heavy atom. The van der Waals surface area contributed by atoms with Crippen molar-refractivity contribution < 1.29 is 9.90 Å². The van der Waals surface area contributed by atoms with E-state index in [1.807, 2.05) is 52.9 Å². The first kappa shape index (κ1) is 12.9. The van der Waals surface area contributed by atoms with E-state index in [1.165, 1.54) is 0 Å². The van der Waals surface area contributed by atoms with E-state index in [0.717, 1.165) is 5.56 Å². The van der Waals surface area contributed by atoms with Gasteiger partial charge in [0, 0.05) is 0 Å². The van der Waals surface area contributed by atoms with Crippen molar-refractivity contribution in [1.29, 1.82) is 0 Å². The molecule has 1 aromatic rings. The smallest absolute Gasteiger partial charge is 0.319 e. The molecule has 0 aromatic heterocycles. The van der Waals surface area contributed by atoms with Gasteiger partial charge in [-0.25, -0.2) is 0 Å². The monoisotopic (exact) mass is 528 g/mol. The SMILES string of the molecule is O=C(O)C(I)C(I)(I)c1ccccc1. The van der Waals surface area contributed by atoms with Gasteiger partial charge in [-0.05, 0) is 5.56 Å². The molecule has 1 aromatic carbocycles. The Kier molecular flexibility index (Phi) is 4.88. The van der Waals surface area contributed by atoms with Crippen LogP contribution in [-0.2, 0) is 6.22 Å². The predicted octanol–water partition coefficient (Wildman–Crippen LogP) is 3.60. The van der Waals surface area contributed by atoms with E-state index in [2.05, 4.69) is 45.2 Å². The van der Waals surface area contributed by atoms with E-state index in [4.69, 9.17) is 5.11 Å². The Hall–Kier alpha value is 0.880. The lowest BCUT2D eigenvalue weighted by Gasteiger charge is -2.23. The highest BCUT2D eigenvalue weighted by atomic mass is 127. The van der Waals surface area contributed by atoms with E-state index in [1.54, 1.807) is 0 Å². The topological polar surface area (TPSA) is 37.3 Å². The average molecular weight is 528 g/mol. The molecule has 0 amide bonds. The number of alkyl halides is 3. The highest BCUT2D eigenvalue weighted by Crippen LogP contribution is 2.45. The van der Waals surface area contributed by atoms with Crippen molar-refractivity contribution in [3.05, 3.63) is 35.9 Å². The first-order valence-electron chi connectivity index (χ1n) is 3.76. The minimum atomic E-state index is -0.779. The Balaban J connectivity index is 3.02. The second-order valence-corrected chi connectivity index (χ2v) is 9.40. The molecule has 0 aliphatic rings. The summed E-state index contributed by atoms with van der Waals surface area (Å²) in [6, 6.07) is 9.68. The largest absolute Gasteiger partial charge is 0.480 e. The quantitative estimate of drug-likeness (QED) is 0.482. The fourth-order valence-corrected chi connectivity index (χ4v) is 2.57. The lowest BCUT2D eigenvalue weighted by molar-refractivity contribution is -0.136. The molecule has 5 heteroatoms. The third-order valence-corrected chi connectivity index (χ3v) is 8.04. The molecule has 76 valence electrons. The minimum Gasteiger partial charge on any atom is -0.480 e. The molecular weight excluding hydrogens is 521 g/mol. The highest BCUT2D eigenvalue weighted by molar-refractivity contribution is 14.2. The number of benzene rings is 1. The summed E-state index contributed by atoms with van der Waals surface area (Å²) in [5.41, 5.74) is 1.03. The van der Waals surface area contributed by atoms with Crippen molar-refractivity contribution in [2.24, 2.45) is 0 Å². The number of rotatable bonds is 3. The van der Waals surface area contributed by atoms with E-state index >= 15 is 0 Å². The molecule has 0 aliphatic heterocycles. The molecule has 0 saturated heterocycles. The summed E-state index contributed by atoms with van der Waals surface area (Å²) in [5.74, 6) is -0.779. The molecule has 0 heterocycles. The molecule has 2 nitrogen and oxygen atoms in total. The molecule has 0 fully saturated rings. The van der Waals surface area contributed by atoms with Crippen LogP contribution in [0.5, 0.6) is 0 Å². The summed E-state index contributed by atoms with van der Waals surface area (Å²) in [6.07, 6.45) is 0. The molecular formula is C9H7I3O2. The number of carboxylic acid groups (broad SMARTS) is 1. The summed E-state index contributed by atoms with van der Waals surface area (Å²) < 4.78 is -0.841. The number of hydrogen-bond acceptors (Lipinski definition) is 1. The van der Waals surface area contributed by atoms with Crippen molar-refractivity contribution in [3.8, 4) is 0 Å². The maximum absolute atomic E-state index is 10.9. The summed E-state index contributed by atoms with van der Waals surface area (Å²) in [5, 5.41) is 8.96. The van der Waals surface area contributed by atoms with Crippen molar-refractivity contribution in [3.63, 3.8) is 0 Å². The van der Waals surface area contributed by atoms with Crippen LogP contribution >= 0.6 is 67.8 Å². The highest BCUT2D eigenvalue weighted by Gasteiger charge is 2.38. The first-order chi connectivity index (χ1) is 6.46. The molecule has 1 unspecified atom stereocenters. The zero-order valence-corrected chi connectivity index (χ0v) is 13.4. The van der Waals surface area contributed by atoms with E-state index < -0.39 is 11.3 Å². The number of carbonyl (C=O) groups is 1. The van der Waals surface area contributed by atoms with Crippen LogP contribution in [0.4, 0.5) is 0 Å². The van der Waals surface area contributed by atoms with E-state index in [-0.39, 0.29) is 0 Å². The second-order valence-electron chi connectivity index (χ2n) is 2.69. The zero-order valence-electron chi connectivity index (χ0n) is 6.95. The lowest BCUT2D eigenvalue weighted by atomic mass is 10.1. The normalized spacial score (nSPS) is 13.6. The summed E-state index contributed by atoms with van der Waals surface area (Å²) in [7, 11) is 0. The van der Waals surface area contributed by atoms with Crippen LogP contribution in [0.15, 0.2) is 30.3 Å². The maximum atomic E-state index is 10.9. The van der Waals surface area contributed by atoms with Crippen molar-refractivity contribution in [2.45, 2.75) is 5.35 Å². The van der Waals surface area contributed by atoms with Gasteiger partial charge in [0.15, 0.2) is 0 Å². The van der Waals surface area contributed by atoms with Gasteiger partial charge in [-0.2, -0.15) is 0 Å². The van der Waals surface area contributed by atoms with Gasteiger partial charge in [-0.15, -0.1) is 0 Å². The maximum Gasteiger partial charge on any atom is 0.319 e. The van der Waals surface area contributed by atoms with Gasteiger partial charge in [-0.1, -0.05) is 98.1 Å². The Bertz CT molecular complexity index is 324. The molecule has 1 N–H and O–H groups in total. The summed E-state index contributed by atoms with van der Waals surface area (Å²) >= 11 is 6.33. The van der Waals surface area contributed by atoms with Gasteiger partial charge in [0.2, 0.25) is 0 Å². The molecule has 0 bridgehead atoms. The second kappa shape index (κ2) is 5.28. The van der Waals surface area contributed by atoms with Gasteiger partial charge < -0.3 is 5.11 Å². The number of aliphatic carboxylic acids is 1. The van der Waals surface area contributed by atoms with Crippen molar-refractivity contribution in [1.82, 2.24) is 0 Å². The van der Waals surface area contributed by atoms with Gasteiger partial charge in [-0.3, -0.25) is 4.79 Å². The fraction of sp³-hybridized carbons (Fsp3) is 0.222. The van der Waals surface area contributed by atoms with Crippen molar-refractivity contribution in [2.75, 3.05) is 0 Å². The molecule has 1 rings (SSSR count). The van der Waals surface area contributed by atoms with Crippen LogP contribution in [0.2, 0.25) is 0 Å². The lowest BCUT2D eigenvalue weighted by Crippen LogP contribution is -2.29. The number of carboxylic acids is 1. The minimum absolute atomic E-state index is 0.400. The molecule has 0 saturated carbocycles. The van der Waals surface area contributed by atoms with E-state index in [0.29, 0.717) is 0 Å². The fourth-order valence-electron chi connectivity index (χ4n) is 0.962. The standard InChI is InChI=1S/C9H7I3O2/c10-7(8(13)14)9(11,12)6-4-2-1-3-5-6/h1-5,7H,(H,13,14). The Morgan fingerprint density at radius 2 is 1.79 bits per heavy atom. The zero-order chi connectivity index (χ0) is 10.8. The van der Waals surface area contributed by atoms with Crippen LogP contribution in [-0.4, -0.2) is 15.0 Å². The molecule has 0 spiro atoms. The van der Waals surface area contributed by atoms with E-state index in [9.17, 15) is 4.79 Å². The Morgan fingerprint density at radius 1 is 1.29 bits per heavy atom. The first-order valence-corrected chi connectivity index (χ1v) is 7.17. The molecule has 0 aliphatic carbocycles. The third-order valence-electron chi connectivity index (χ3n) is 1.69. The Labute approximate surface area is 123 Å². The summed E-state index contributed by atoms with van der Waals surface area (Å²) in [6.45, 7) is 0. The van der Waals surface area contributed by atoms with Gasteiger partial charge in [0.05, 0.1) is 0 Å². The van der Waals surface area contributed by atoms with Crippen LogP contribution in [0, 0.1) is 0 Å². The van der Waals surface area contributed by atoms with Gasteiger partial charge in [0.25, 0.3) is 0 Å². The third kappa shape index (κ3) is 2.94. The van der Waals surface area contributed by atoms with Crippen LogP contribution in [0.3, 0.4) is 0 Å². The van der Waals surface area contributed by atoms with Crippen LogP contribution in [0.25, 0.3) is 0 Å².